The maximum Gasteiger partial charge on any atom is 0.246 e. The summed E-state index contributed by atoms with van der Waals surface area (Å²) in [6, 6.07) is 10.0. The van der Waals surface area contributed by atoms with E-state index in [4.69, 9.17) is 0 Å². The van der Waals surface area contributed by atoms with Crippen LogP contribution in [0, 0.1) is 5.82 Å². The van der Waals surface area contributed by atoms with Crippen LogP contribution in [0.5, 0.6) is 0 Å². The van der Waals surface area contributed by atoms with E-state index in [1.54, 1.807) is 41.6 Å². The average Bonchev–Trinajstić information content (AvgIpc) is 2.61. The molecule has 2 rings (SSSR count). The summed E-state index contributed by atoms with van der Waals surface area (Å²) in [7, 11) is 0. The molecule has 2 aromatic rings. The minimum absolute atomic E-state index is 0.0423. The summed E-state index contributed by atoms with van der Waals surface area (Å²) in [5.41, 5.74) is 1.82. The number of amides is 1. The monoisotopic (exact) mass is 326 g/mol. The molecule has 0 atom stereocenters. The van der Waals surface area contributed by atoms with Crippen LogP contribution in [-0.2, 0) is 11.3 Å². The Bertz CT molecular complexity index is 653. The van der Waals surface area contributed by atoms with E-state index in [1.165, 1.54) is 12.1 Å². The van der Waals surface area contributed by atoms with Crippen molar-refractivity contribution in [2.24, 2.45) is 0 Å². The number of rotatable bonds is 8. The zero-order chi connectivity index (χ0) is 17.2. The second-order valence-electron chi connectivity index (χ2n) is 5.71. The second kappa shape index (κ2) is 9.60. The molecule has 0 spiro atoms. The Morgan fingerprint density at radius 2 is 2.00 bits per heavy atom. The molecule has 0 N–H and O–H groups in total. The fraction of sp³-hybridized carbons (Fsp3) is 0.300. The van der Waals surface area contributed by atoms with Crippen molar-refractivity contribution in [2.75, 3.05) is 6.54 Å². The number of unbranched alkanes of at least 4 members (excludes halogenated alkanes) is 2. The highest BCUT2D eigenvalue weighted by atomic mass is 19.1. The van der Waals surface area contributed by atoms with E-state index in [0.29, 0.717) is 13.1 Å². The van der Waals surface area contributed by atoms with Crippen LogP contribution in [0.25, 0.3) is 6.08 Å². The molecule has 0 saturated heterocycles. The van der Waals surface area contributed by atoms with Gasteiger partial charge in [0.05, 0.1) is 0 Å². The van der Waals surface area contributed by atoms with E-state index < -0.39 is 0 Å². The summed E-state index contributed by atoms with van der Waals surface area (Å²) < 4.78 is 13.0. The smallest absolute Gasteiger partial charge is 0.246 e. The van der Waals surface area contributed by atoms with Gasteiger partial charge >= 0.3 is 0 Å². The van der Waals surface area contributed by atoms with E-state index >= 15 is 0 Å². The number of aromatic nitrogens is 1. The van der Waals surface area contributed by atoms with Gasteiger partial charge in [-0.3, -0.25) is 9.78 Å². The molecule has 3 nitrogen and oxygen atoms in total. The minimum atomic E-state index is -0.265. The first-order chi connectivity index (χ1) is 11.7. The summed E-state index contributed by atoms with van der Waals surface area (Å²) in [5, 5.41) is 0. The molecule has 1 aromatic carbocycles. The van der Waals surface area contributed by atoms with Crippen molar-refractivity contribution >= 4 is 12.0 Å². The number of carbonyl (C=O) groups excluding carboxylic acids is 1. The molecule has 24 heavy (non-hydrogen) atoms. The third kappa shape index (κ3) is 5.95. The highest BCUT2D eigenvalue weighted by Crippen LogP contribution is 2.10. The van der Waals surface area contributed by atoms with Crippen LogP contribution in [-0.4, -0.2) is 22.3 Å². The lowest BCUT2D eigenvalue weighted by Gasteiger charge is -2.21. The quantitative estimate of drug-likeness (QED) is 0.530. The summed E-state index contributed by atoms with van der Waals surface area (Å²) in [6.45, 7) is 3.32. The normalized spacial score (nSPS) is 10.9. The predicted molar refractivity (Wildman–Crippen MR) is 94.6 cm³/mol. The van der Waals surface area contributed by atoms with Gasteiger partial charge < -0.3 is 4.90 Å². The van der Waals surface area contributed by atoms with Crippen LogP contribution in [0.2, 0.25) is 0 Å². The van der Waals surface area contributed by atoms with E-state index in [9.17, 15) is 9.18 Å². The van der Waals surface area contributed by atoms with Crippen molar-refractivity contribution in [2.45, 2.75) is 32.7 Å². The Hall–Kier alpha value is -2.49. The molecule has 0 bridgehead atoms. The third-order valence-electron chi connectivity index (χ3n) is 3.73. The van der Waals surface area contributed by atoms with Crippen LogP contribution in [0.15, 0.2) is 54.9 Å². The Balaban J connectivity index is 2.04. The van der Waals surface area contributed by atoms with Crippen molar-refractivity contribution in [3.8, 4) is 0 Å². The number of hydrogen-bond donors (Lipinski definition) is 0. The molecule has 1 aromatic heterocycles. The molecule has 0 radical (unpaired) electrons. The van der Waals surface area contributed by atoms with Gasteiger partial charge in [0.2, 0.25) is 5.91 Å². The van der Waals surface area contributed by atoms with Gasteiger partial charge in [0.1, 0.15) is 5.82 Å². The lowest BCUT2D eigenvalue weighted by atomic mass is 10.1. The fourth-order valence-corrected chi connectivity index (χ4v) is 2.38. The van der Waals surface area contributed by atoms with E-state index in [-0.39, 0.29) is 11.7 Å². The van der Waals surface area contributed by atoms with Gasteiger partial charge in [-0.2, -0.15) is 0 Å². The maximum atomic E-state index is 13.0. The summed E-state index contributed by atoms with van der Waals surface area (Å²) in [6.07, 6.45) is 9.91. The first-order valence-electron chi connectivity index (χ1n) is 8.30. The largest absolute Gasteiger partial charge is 0.335 e. The van der Waals surface area contributed by atoms with Crippen molar-refractivity contribution < 1.29 is 9.18 Å². The van der Waals surface area contributed by atoms with Crippen molar-refractivity contribution in [3.05, 3.63) is 71.8 Å². The van der Waals surface area contributed by atoms with Gasteiger partial charge in [0.25, 0.3) is 0 Å². The van der Waals surface area contributed by atoms with Crippen LogP contribution >= 0.6 is 0 Å². The Kier molecular flexibility index (Phi) is 7.15. The van der Waals surface area contributed by atoms with Crippen LogP contribution in [0.1, 0.15) is 37.3 Å². The first-order valence-corrected chi connectivity index (χ1v) is 8.30. The van der Waals surface area contributed by atoms with Gasteiger partial charge in [-0.25, -0.2) is 4.39 Å². The van der Waals surface area contributed by atoms with Crippen LogP contribution in [0.4, 0.5) is 4.39 Å². The third-order valence-corrected chi connectivity index (χ3v) is 3.73. The van der Waals surface area contributed by atoms with Gasteiger partial charge in [0, 0.05) is 31.6 Å². The van der Waals surface area contributed by atoms with Crippen LogP contribution < -0.4 is 0 Å². The van der Waals surface area contributed by atoms with Gasteiger partial charge in [-0.05, 0) is 41.8 Å². The lowest BCUT2D eigenvalue weighted by Crippen LogP contribution is -2.30. The molecule has 1 amide bonds. The van der Waals surface area contributed by atoms with Crippen molar-refractivity contribution in [1.29, 1.82) is 0 Å². The van der Waals surface area contributed by atoms with Gasteiger partial charge in [0.15, 0.2) is 0 Å². The highest BCUT2D eigenvalue weighted by Gasteiger charge is 2.11. The molecular weight excluding hydrogens is 303 g/mol. The molecule has 0 aliphatic rings. The van der Waals surface area contributed by atoms with Gasteiger partial charge in [-0.15, -0.1) is 0 Å². The molecule has 0 fully saturated rings. The number of pyridine rings is 1. The first kappa shape index (κ1) is 17.9. The second-order valence-corrected chi connectivity index (χ2v) is 5.71. The van der Waals surface area contributed by atoms with E-state index in [0.717, 1.165) is 30.4 Å². The standard InChI is InChI=1S/C20H23FN2O/c1-2-3-4-14-23(16-18-7-10-19(21)11-8-18)20(24)12-9-17-6-5-13-22-15-17/h5-13,15H,2-4,14,16H2,1H3/b12-9+. The zero-order valence-corrected chi connectivity index (χ0v) is 14.0. The SMILES string of the molecule is CCCCCN(Cc1ccc(F)cc1)C(=O)/C=C/c1cccnc1. The Morgan fingerprint density at radius 3 is 2.67 bits per heavy atom. The number of nitrogens with zero attached hydrogens (tertiary/aromatic N) is 2. The Labute approximate surface area is 142 Å². The molecule has 0 aliphatic carbocycles. The van der Waals surface area contributed by atoms with Crippen LogP contribution in [0.3, 0.4) is 0 Å². The van der Waals surface area contributed by atoms with E-state index in [1.807, 2.05) is 12.1 Å². The van der Waals surface area contributed by atoms with Crippen molar-refractivity contribution in [3.63, 3.8) is 0 Å². The maximum absolute atomic E-state index is 13.0. The lowest BCUT2D eigenvalue weighted by molar-refractivity contribution is -0.126. The minimum Gasteiger partial charge on any atom is -0.335 e. The molecule has 126 valence electrons. The topological polar surface area (TPSA) is 33.2 Å². The highest BCUT2D eigenvalue weighted by molar-refractivity contribution is 5.91. The Morgan fingerprint density at radius 1 is 1.21 bits per heavy atom. The molecule has 0 saturated carbocycles. The molecular formula is C20H23FN2O. The molecule has 0 aliphatic heterocycles. The van der Waals surface area contributed by atoms with E-state index in [2.05, 4.69) is 11.9 Å². The summed E-state index contributed by atoms with van der Waals surface area (Å²) in [4.78, 5) is 18.4. The predicted octanol–water partition coefficient (Wildman–Crippen LogP) is 4.45. The number of benzene rings is 1. The number of hydrogen-bond acceptors (Lipinski definition) is 2. The fourth-order valence-electron chi connectivity index (χ4n) is 2.38. The molecule has 1 heterocycles. The molecule has 4 heteroatoms. The van der Waals surface area contributed by atoms with Crippen molar-refractivity contribution in [1.82, 2.24) is 9.88 Å². The summed E-state index contributed by atoms with van der Waals surface area (Å²) in [5.74, 6) is -0.307. The van der Waals surface area contributed by atoms with Gasteiger partial charge in [-0.1, -0.05) is 38.0 Å². The zero-order valence-electron chi connectivity index (χ0n) is 14.0. The molecule has 0 unspecified atom stereocenters. The number of halogens is 1. The number of carbonyl (C=O) groups is 1. The summed E-state index contributed by atoms with van der Waals surface area (Å²) >= 11 is 0. The average molecular weight is 326 g/mol.